The number of piperidine rings is 1. The molecule has 4 nitrogen and oxygen atoms in total. The van der Waals surface area contributed by atoms with Crippen molar-refractivity contribution in [1.82, 2.24) is 20.3 Å². The third kappa shape index (κ3) is 4.82. The molecule has 1 fully saturated rings. The topological polar surface area (TPSA) is 42.7 Å². The van der Waals surface area contributed by atoms with Crippen molar-refractivity contribution in [3.8, 4) is 11.1 Å². The summed E-state index contributed by atoms with van der Waals surface area (Å²) in [7, 11) is 0. The SMILES string of the molecule is Cc1cc(C(CCC2CCCNC2)n2nccn2)ccc1-c1ccc(Cl)cc1Cl. The van der Waals surface area contributed by atoms with Gasteiger partial charge in [-0.15, -0.1) is 0 Å². The molecule has 1 aliphatic rings. The Balaban J connectivity index is 1.60. The largest absolute Gasteiger partial charge is 0.316 e. The van der Waals surface area contributed by atoms with Crippen molar-refractivity contribution < 1.29 is 0 Å². The molecule has 1 saturated heterocycles. The van der Waals surface area contributed by atoms with Crippen LogP contribution in [0.25, 0.3) is 11.1 Å². The fraction of sp³-hybridized carbons (Fsp3) is 0.391. The zero-order valence-corrected chi connectivity index (χ0v) is 18.1. The van der Waals surface area contributed by atoms with E-state index in [9.17, 15) is 0 Å². The molecule has 2 aromatic carbocycles. The van der Waals surface area contributed by atoms with Gasteiger partial charge in [-0.2, -0.15) is 15.0 Å². The first kappa shape index (κ1) is 20.4. The summed E-state index contributed by atoms with van der Waals surface area (Å²) in [4.78, 5) is 1.85. The predicted octanol–water partition coefficient (Wildman–Crippen LogP) is 5.93. The number of nitrogens with one attached hydrogen (secondary N) is 1. The maximum Gasteiger partial charge on any atom is 0.0965 e. The van der Waals surface area contributed by atoms with Crippen LogP contribution in [0.1, 0.15) is 42.9 Å². The Morgan fingerprint density at radius 2 is 1.90 bits per heavy atom. The van der Waals surface area contributed by atoms with E-state index in [2.05, 4.69) is 40.6 Å². The maximum absolute atomic E-state index is 6.44. The third-order valence-corrected chi connectivity index (χ3v) is 6.37. The van der Waals surface area contributed by atoms with Gasteiger partial charge in [0.25, 0.3) is 0 Å². The van der Waals surface area contributed by atoms with Crippen molar-refractivity contribution in [2.24, 2.45) is 5.92 Å². The Kier molecular flexibility index (Phi) is 6.53. The van der Waals surface area contributed by atoms with E-state index in [4.69, 9.17) is 23.2 Å². The molecule has 1 aromatic heterocycles. The van der Waals surface area contributed by atoms with E-state index in [0.29, 0.717) is 10.0 Å². The molecule has 2 unspecified atom stereocenters. The van der Waals surface area contributed by atoms with Crippen LogP contribution < -0.4 is 5.32 Å². The lowest BCUT2D eigenvalue weighted by Gasteiger charge is -2.25. The van der Waals surface area contributed by atoms with Crippen molar-refractivity contribution >= 4 is 23.2 Å². The summed E-state index contributed by atoms with van der Waals surface area (Å²) in [5.74, 6) is 0.732. The Morgan fingerprint density at radius 1 is 1.10 bits per heavy atom. The lowest BCUT2D eigenvalue weighted by molar-refractivity contribution is 0.319. The van der Waals surface area contributed by atoms with Crippen molar-refractivity contribution in [3.63, 3.8) is 0 Å². The first-order chi connectivity index (χ1) is 14.1. The van der Waals surface area contributed by atoms with Crippen LogP contribution in [0.3, 0.4) is 0 Å². The standard InChI is InChI=1S/C23H26Cl2N4/c1-16-13-18(5-7-20(16)21-8-6-19(24)14-22(21)25)23(29-27-11-12-28-29)9-4-17-3-2-10-26-15-17/h5-8,11-14,17,23,26H,2-4,9-10,15H2,1H3. The highest BCUT2D eigenvalue weighted by Gasteiger charge is 2.20. The van der Waals surface area contributed by atoms with Gasteiger partial charge in [-0.25, -0.2) is 0 Å². The molecule has 1 N–H and O–H groups in total. The number of benzene rings is 2. The van der Waals surface area contributed by atoms with Gasteiger partial charge in [0, 0.05) is 15.6 Å². The van der Waals surface area contributed by atoms with Gasteiger partial charge in [-0.05, 0) is 80.4 Å². The predicted molar refractivity (Wildman–Crippen MR) is 120 cm³/mol. The fourth-order valence-electron chi connectivity index (χ4n) is 4.27. The van der Waals surface area contributed by atoms with E-state index in [0.717, 1.165) is 36.6 Å². The molecule has 0 saturated carbocycles. The third-order valence-electron chi connectivity index (χ3n) is 5.82. The summed E-state index contributed by atoms with van der Waals surface area (Å²) in [5, 5.41) is 13.7. The second kappa shape index (κ2) is 9.29. The number of hydrogen-bond donors (Lipinski definition) is 1. The molecule has 152 valence electrons. The molecule has 0 amide bonds. The van der Waals surface area contributed by atoms with Crippen molar-refractivity contribution in [2.75, 3.05) is 13.1 Å². The Hall–Kier alpha value is -1.88. The van der Waals surface area contributed by atoms with Gasteiger partial charge < -0.3 is 5.32 Å². The molecule has 2 atom stereocenters. The normalized spacial score (nSPS) is 18.0. The van der Waals surface area contributed by atoms with E-state index in [-0.39, 0.29) is 6.04 Å². The van der Waals surface area contributed by atoms with Gasteiger partial charge in [0.2, 0.25) is 0 Å². The van der Waals surface area contributed by atoms with E-state index in [1.165, 1.54) is 30.4 Å². The van der Waals surface area contributed by atoms with Crippen LogP contribution in [0.15, 0.2) is 48.8 Å². The molecule has 0 spiro atoms. The molecule has 29 heavy (non-hydrogen) atoms. The van der Waals surface area contributed by atoms with Gasteiger partial charge in [0.15, 0.2) is 0 Å². The Morgan fingerprint density at radius 3 is 2.59 bits per heavy atom. The minimum absolute atomic E-state index is 0.139. The van der Waals surface area contributed by atoms with Crippen LogP contribution in [-0.2, 0) is 0 Å². The number of rotatable bonds is 6. The fourth-order valence-corrected chi connectivity index (χ4v) is 4.78. The highest BCUT2D eigenvalue weighted by atomic mass is 35.5. The van der Waals surface area contributed by atoms with E-state index in [1.807, 2.05) is 16.9 Å². The average molecular weight is 429 g/mol. The highest BCUT2D eigenvalue weighted by molar-refractivity contribution is 6.36. The van der Waals surface area contributed by atoms with E-state index in [1.54, 1.807) is 18.5 Å². The Labute approximate surface area is 182 Å². The van der Waals surface area contributed by atoms with Crippen LogP contribution in [-0.4, -0.2) is 28.1 Å². The molecule has 0 aliphatic carbocycles. The molecule has 0 bridgehead atoms. The first-order valence-corrected chi connectivity index (χ1v) is 11.0. The van der Waals surface area contributed by atoms with Gasteiger partial charge >= 0.3 is 0 Å². The van der Waals surface area contributed by atoms with Crippen LogP contribution in [0.5, 0.6) is 0 Å². The van der Waals surface area contributed by atoms with Crippen LogP contribution in [0.2, 0.25) is 10.0 Å². The van der Waals surface area contributed by atoms with E-state index < -0.39 is 0 Å². The van der Waals surface area contributed by atoms with Gasteiger partial charge in [-0.1, -0.05) is 47.5 Å². The second-order valence-electron chi connectivity index (χ2n) is 7.85. The number of hydrogen-bond acceptors (Lipinski definition) is 3. The number of aryl methyl sites for hydroxylation is 1. The Bertz CT molecular complexity index is 950. The molecule has 4 rings (SSSR count). The minimum Gasteiger partial charge on any atom is -0.316 e. The smallest absolute Gasteiger partial charge is 0.0965 e. The van der Waals surface area contributed by atoms with Crippen LogP contribution in [0, 0.1) is 12.8 Å². The minimum atomic E-state index is 0.139. The zero-order chi connectivity index (χ0) is 20.2. The van der Waals surface area contributed by atoms with Gasteiger partial charge in [0.05, 0.1) is 18.4 Å². The average Bonchev–Trinajstić information content (AvgIpc) is 3.24. The molecule has 6 heteroatoms. The summed E-state index contributed by atoms with van der Waals surface area (Å²) in [6.07, 6.45) is 8.28. The second-order valence-corrected chi connectivity index (χ2v) is 8.70. The maximum atomic E-state index is 6.44. The summed E-state index contributed by atoms with van der Waals surface area (Å²) in [5.41, 5.74) is 4.54. The summed E-state index contributed by atoms with van der Waals surface area (Å²) < 4.78 is 0. The summed E-state index contributed by atoms with van der Waals surface area (Å²) >= 11 is 12.5. The molecule has 1 aliphatic heterocycles. The van der Waals surface area contributed by atoms with Gasteiger partial charge in [0.1, 0.15) is 0 Å². The van der Waals surface area contributed by atoms with Crippen molar-refractivity contribution in [2.45, 2.75) is 38.6 Å². The molecule has 2 heterocycles. The molecule has 3 aromatic rings. The van der Waals surface area contributed by atoms with E-state index >= 15 is 0 Å². The first-order valence-electron chi connectivity index (χ1n) is 10.2. The lowest BCUT2D eigenvalue weighted by Crippen LogP contribution is -2.30. The number of nitrogens with zero attached hydrogens (tertiary/aromatic N) is 3. The quantitative estimate of drug-likeness (QED) is 0.528. The summed E-state index contributed by atoms with van der Waals surface area (Å²) in [6.45, 7) is 4.39. The number of halogens is 2. The highest BCUT2D eigenvalue weighted by Crippen LogP contribution is 2.35. The van der Waals surface area contributed by atoms with Crippen molar-refractivity contribution in [1.29, 1.82) is 0 Å². The molecular formula is C23H26Cl2N4. The summed E-state index contributed by atoms with van der Waals surface area (Å²) in [6, 6.07) is 12.4. The van der Waals surface area contributed by atoms with Crippen LogP contribution in [0.4, 0.5) is 0 Å². The lowest BCUT2D eigenvalue weighted by atomic mass is 9.89. The van der Waals surface area contributed by atoms with Gasteiger partial charge in [-0.3, -0.25) is 0 Å². The number of aromatic nitrogens is 3. The van der Waals surface area contributed by atoms with Crippen LogP contribution >= 0.6 is 23.2 Å². The zero-order valence-electron chi connectivity index (χ0n) is 16.6. The van der Waals surface area contributed by atoms with Crippen molar-refractivity contribution in [3.05, 3.63) is 70.0 Å². The monoisotopic (exact) mass is 428 g/mol. The molecular weight excluding hydrogens is 403 g/mol. The molecule has 0 radical (unpaired) electrons.